The van der Waals surface area contributed by atoms with Gasteiger partial charge in [-0.1, -0.05) is 242 Å². The summed E-state index contributed by atoms with van der Waals surface area (Å²) in [5, 5.41) is 14.7. The van der Waals surface area contributed by atoms with Gasteiger partial charge in [0.2, 0.25) is 0 Å². The molecule has 0 fully saturated rings. The number of hydrogen-bond donors (Lipinski definition) is 6. The van der Waals surface area contributed by atoms with Gasteiger partial charge in [0.05, 0.1) is 90.9 Å². The van der Waals surface area contributed by atoms with Gasteiger partial charge >= 0.3 is 0 Å². The second-order valence-corrected chi connectivity index (χ2v) is 36.2. The normalized spacial score (nSPS) is 11.6. The van der Waals surface area contributed by atoms with Crippen molar-refractivity contribution in [2.75, 3.05) is 7.11 Å². The first-order valence-corrected chi connectivity index (χ1v) is 47.9. The summed E-state index contributed by atoms with van der Waals surface area (Å²) in [6.07, 6.45) is 16.6. The Morgan fingerprint density at radius 2 is 0.653 bits per heavy atom. The van der Waals surface area contributed by atoms with Crippen LogP contribution in [0.4, 0.5) is 13.2 Å². The highest BCUT2D eigenvalue weighted by Crippen LogP contribution is 2.41. The van der Waals surface area contributed by atoms with Crippen molar-refractivity contribution in [3.8, 4) is 73.2 Å². The molecule has 1 aliphatic carbocycles. The number of para-hydroxylation sites is 11. The van der Waals surface area contributed by atoms with Crippen molar-refractivity contribution in [2.45, 2.75) is 48.0 Å². The summed E-state index contributed by atoms with van der Waals surface area (Å²) in [5.41, 5.74) is 36.5. The van der Waals surface area contributed by atoms with Crippen LogP contribution in [-0.4, -0.2) is 71.9 Å². The monoisotopic (exact) mass is 1880 g/mol. The fraction of sp³-hybridized carbons (Fsp3) is 0.0630. The number of ether oxygens (including phenoxy) is 1. The zero-order valence-corrected chi connectivity index (χ0v) is 80.1. The van der Waals surface area contributed by atoms with Gasteiger partial charge in [-0.2, -0.15) is 0 Å². The lowest BCUT2D eigenvalue weighted by molar-refractivity contribution is 0.419. The molecule has 28 rings (SSSR count). The third-order valence-corrected chi connectivity index (χ3v) is 26.9. The Hall–Kier alpha value is -18.5. The van der Waals surface area contributed by atoms with Crippen molar-refractivity contribution in [1.82, 2.24) is 64.8 Å². The number of aromatic nitrogens is 13. The van der Waals surface area contributed by atoms with Crippen molar-refractivity contribution in [3.05, 3.63) is 475 Å². The Morgan fingerprint density at radius 1 is 0.257 bits per heavy atom. The summed E-state index contributed by atoms with van der Waals surface area (Å²) in [5.74, 6) is -0.985. The van der Waals surface area contributed by atoms with Crippen LogP contribution in [0, 0.1) is 59.0 Å². The number of methoxy groups -OCH3 is 1. The number of nitrogens with one attached hydrogen (secondary N) is 6. The maximum absolute atomic E-state index is 14.2. The molecule has 0 saturated carbocycles. The number of hydrogen-bond acceptors (Lipinski definition) is 8. The summed E-state index contributed by atoms with van der Waals surface area (Å²) in [6.45, 7) is 12.5. The van der Waals surface area contributed by atoms with Crippen LogP contribution in [0.5, 0.6) is 5.75 Å². The number of H-pyrrole nitrogens is 6. The van der Waals surface area contributed by atoms with Crippen LogP contribution in [0.2, 0.25) is 0 Å². The van der Waals surface area contributed by atoms with E-state index in [9.17, 15) is 13.2 Å². The van der Waals surface area contributed by atoms with Gasteiger partial charge in [-0.15, -0.1) is 0 Å². The van der Waals surface area contributed by atoms with Crippen LogP contribution in [0.3, 0.4) is 0 Å². The van der Waals surface area contributed by atoms with E-state index < -0.39 is 11.6 Å². The minimum atomic E-state index is -0.817. The van der Waals surface area contributed by atoms with Gasteiger partial charge in [0.25, 0.3) is 0 Å². The minimum Gasteiger partial charge on any atom is -0.495 e. The number of rotatable bonds is 8. The van der Waals surface area contributed by atoms with Gasteiger partial charge < -0.3 is 34.6 Å². The summed E-state index contributed by atoms with van der Waals surface area (Å²) in [7, 11) is 1.69. The minimum absolute atomic E-state index is 0.221. The Labute approximate surface area is 827 Å². The Bertz CT molecular complexity index is 9460. The Morgan fingerprint density at radius 3 is 1.24 bits per heavy atom. The molecule has 14 aromatic carbocycles. The van der Waals surface area contributed by atoms with Crippen LogP contribution in [-0.2, 0) is 6.42 Å². The van der Waals surface area contributed by atoms with Gasteiger partial charge in [-0.25, -0.2) is 43.1 Å². The average molecular weight is 1880 g/mol. The SMILES string of the molecule is COc1cccc2c(-c3cc(C)c4ccccc4n3)c[nH]c12.Cc1cc(-c2c[nH]c3ccccc23)nc2ccccc12.Cc1ccc(F)c2c(-c3ccc4ccccc4n3)c[nH]c12.Cc1ccc2nc(C3=CCc4cc(F)c(F)cc43)ccc2c1.Cc1cccc2c(-c3ccc4ccccc4n3)c[nH]c12.Cc1cccc2c(-c3cnc4ccccc4c3)c[nH]c12.c1ccc2nc(-c3c[nH]c4ccccc34)ccc2c1. The van der Waals surface area contributed by atoms with Gasteiger partial charge in [0.1, 0.15) is 11.6 Å². The van der Waals surface area contributed by atoms with Gasteiger partial charge in [0.15, 0.2) is 11.6 Å². The fourth-order valence-corrected chi connectivity index (χ4v) is 19.5. The van der Waals surface area contributed by atoms with Gasteiger partial charge in [-0.05, 0) is 214 Å². The summed E-state index contributed by atoms with van der Waals surface area (Å²) in [6, 6.07) is 119. The molecule has 0 radical (unpaired) electrons. The number of fused-ring (bicyclic) bond motifs is 14. The topological polar surface area (TPSA) is 194 Å². The highest BCUT2D eigenvalue weighted by atomic mass is 19.2. The third kappa shape index (κ3) is 18.2. The molecule has 0 amide bonds. The summed E-state index contributed by atoms with van der Waals surface area (Å²) in [4.78, 5) is 52.8. The van der Waals surface area contributed by atoms with E-state index in [0.717, 1.165) is 172 Å². The number of pyridine rings is 7. The molecule has 13 aromatic heterocycles. The fourth-order valence-electron chi connectivity index (χ4n) is 19.5. The Kier molecular flexibility index (Phi) is 24.8. The predicted molar refractivity (Wildman–Crippen MR) is 588 cm³/mol. The third-order valence-electron chi connectivity index (χ3n) is 26.9. The van der Waals surface area contributed by atoms with E-state index in [0.29, 0.717) is 11.8 Å². The molecule has 1 aliphatic rings. The highest BCUT2D eigenvalue weighted by molar-refractivity contribution is 6.04. The first-order chi connectivity index (χ1) is 70.5. The van der Waals surface area contributed by atoms with Crippen LogP contribution in [0.15, 0.2) is 407 Å². The molecule has 6 N–H and O–H groups in total. The van der Waals surface area contributed by atoms with E-state index in [1.54, 1.807) is 13.2 Å². The molecule has 13 heterocycles. The van der Waals surface area contributed by atoms with E-state index in [-0.39, 0.29) is 5.82 Å². The second kappa shape index (κ2) is 39.4. The number of aromatic amines is 6. The van der Waals surface area contributed by atoms with Crippen LogP contribution in [0.25, 0.3) is 215 Å². The van der Waals surface area contributed by atoms with Crippen molar-refractivity contribution >= 4 is 147 Å². The van der Waals surface area contributed by atoms with E-state index in [4.69, 9.17) is 24.7 Å². The number of nitrogens with zero attached hydrogens (tertiary/aromatic N) is 7. The van der Waals surface area contributed by atoms with Crippen LogP contribution >= 0.6 is 0 Å². The number of aryl methyl sites for hydroxylation is 6. The highest BCUT2D eigenvalue weighted by Gasteiger charge is 2.23. The Balaban J connectivity index is 0.0000000959. The first-order valence-electron chi connectivity index (χ1n) is 47.9. The van der Waals surface area contributed by atoms with Crippen molar-refractivity contribution in [3.63, 3.8) is 0 Å². The molecule has 0 unspecified atom stereocenters. The standard InChI is InChI=1S/C19H13F2N.C19H16N2O.C18H13FN2.3C18H14N2.C17H12N2/c1-11-2-6-18-13(8-11)4-7-19(22-18)14-5-3-12-9-16(20)17(21)10-15(12)14;1-12-10-17(21-16-8-4-3-6-13(12)16)15-11-20-19-14(15)7-5-9-18(19)22-2;1-11-6-8-14(19)17-13(10-20-18(11)17)16-9-7-12-4-2-3-5-15(12)21-16;1-12-10-18(20-17-9-5-2-6-13(12)17)15-11-19-16-8-4-3-7-14(15)16;1-12-5-4-7-15-16(11-20-18(12)15)14-9-13-6-2-3-8-17(13)19-10-14;1-12-5-4-7-14-15(11-19-18(12)14)17-10-9-13-6-2-3-8-16(13)20-17;1-3-7-15-12(5-1)9-10-17(19-15)14-11-18-16-8-4-2-6-13(14)16/h2,4-10H,3H2,1H3;3-11,20H,1-2H3;2-10,20H,1H3;2-11,19H,1H3;2-11,20H,1H3;2-11,19H,1H3;1-11,18H. The zero-order valence-electron chi connectivity index (χ0n) is 80.1. The predicted octanol–water partition coefficient (Wildman–Crippen LogP) is 32.8. The van der Waals surface area contributed by atoms with Crippen LogP contribution < -0.4 is 4.74 Å². The molecule has 0 aliphatic heterocycles. The quantitative estimate of drug-likeness (QED) is 0.0865. The maximum Gasteiger partial charge on any atom is 0.159 e. The van der Waals surface area contributed by atoms with Crippen molar-refractivity contribution in [2.24, 2.45) is 0 Å². The molecule has 27 aromatic rings. The lowest BCUT2D eigenvalue weighted by atomic mass is 10.0. The van der Waals surface area contributed by atoms with Gasteiger partial charge in [0, 0.05) is 180 Å². The molecule has 0 bridgehead atoms. The van der Waals surface area contributed by atoms with Crippen molar-refractivity contribution < 1.29 is 17.9 Å². The second-order valence-electron chi connectivity index (χ2n) is 36.2. The molecule has 17 heteroatoms. The molecular formula is C127H96F3N13O. The number of benzene rings is 14. The number of halogens is 3. The lowest BCUT2D eigenvalue weighted by Gasteiger charge is -2.08. The summed E-state index contributed by atoms with van der Waals surface area (Å²) < 4.78 is 46.5. The molecule has 144 heavy (non-hydrogen) atoms. The molecule has 0 atom stereocenters. The zero-order chi connectivity index (χ0) is 98.0. The smallest absolute Gasteiger partial charge is 0.159 e. The maximum atomic E-state index is 14.2. The van der Waals surface area contributed by atoms with Crippen LogP contribution in [0.1, 0.15) is 50.2 Å². The van der Waals surface area contributed by atoms with Crippen molar-refractivity contribution in [1.29, 1.82) is 0 Å². The van der Waals surface area contributed by atoms with E-state index in [2.05, 4.69) is 267 Å². The largest absolute Gasteiger partial charge is 0.495 e. The van der Waals surface area contributed by atoms with Gasteiger partial charge in [-0.3, -0.25) is 4.98 Å². The molecule has 696 valence electrons. The average Bonchev–Trinajstić information content (AvgIpc) is 1.62. The van der Waals surface area contributed by atoms with E-state index >= 15 is 0 Å². The van der Waals surface area contributed by atoms with E-state index in [1.165, 1.54) is 111 Å². The molecule has 14 nitrogen and oxygen atoms in total. The van der Waals surface area contributed by atoms with E-state index in [1.807, 2.05) is 203 Å². The molecule has 0 saturated heterocycles. The lowest BCUT2D eigenvalue weighted by Crippen LogP contribution is -1.95. The molecule has 0 spiro atoms. The summed E-state index contributed by atoms with van der Waals surface area (Å²) >= 11 is 0. The number of allylic oxidation sites excluding steroid dienone is 1. The molecular weight excluding hydrogens is 1780 g/mol. The first kappa shape index (κ1) is 90.7.